The van der Waals surface area contributed by atoms with Gasteiger partial charge in [0.15, 0.2) is 5.79 Å². The predicted molar refractivity (Wildman–Crippen MR) is 74.7 cm³/mol. The van der Waals surface area contributed by atoms with E-state index >= 15 is 0 Å². The molecule has 0 fully saturated rings. The summed E-state index contributed by atoms with van der Waals surface area (Å²) in [6, 6.07) is 7.81. The highest BCUT2D eigenvalue weighted by Crippen LogP contribution is 2.41. The van der Waals surface area contributed by atoms with Crippen LogP contribution >= 0.6 is 0 Å². The van der Waals surface area contributed by atoms with Crippen LogP contribution in [0.25, 0.3) is 0 Å². The van der Waals surface area contributed by atoms with Crippen LogP contribution in [0.3, 0.4) is 0 Å². The van der Waals surface area contributed by atoms with E-state index in [4.69, 9.17) is 9.47 Å². The molecule has 0 bridgehead atoms. The van der Waals surface area contributed by atoms with E-state index in [1.807, 2.05) is 43.3 Å². The van der Waals surface area contributed by atoms with Crippen LogP contribution in [0.4, 0.5) is 0 Å². The minimum absolute atomic E-state index is 0.677. The number of benzene rings is 1. The number of ether oxygens (including phenoxy) is 2. The van der Waals surface area contributed by atoms with Gasteiger partial charge in [-0.15, -0.1) is 0 Å². The highest BCUT2D eigenvalue weighted by atomic mass is 16.7. The number of methoxy groups -OCH3 is 2. The summed E-state index contributed by atoms with van der Waals surface area (Å²) in [5.74, 6) is -0.803. The summed E-state index contributed by atoms with van der Waals surface area (Å²) in [6.45, 7) is 2.01. The van der Waals surface area contributed by atoms with E-state index in [9.17, 15) is 5.11 Å². The van der Waals surface area contributed by atoms with E-state index in [2.05, 4.69) is 0 Å². The molecule has 0 amide bonds. The molecule has 1 aliphatic rings. The minimum atomic E-state index is -0.909. The molecule has 104 valence electrons. The van der Waals surface area contributed by atoms with Crippen LogP contribution in [0.5, 0.6) is 0 Å². The Morgan fingerprint density at radius 3 is 2.47 bits per heavy atom. The summed E-state index contributed by atoms with van der Waals surface area (Å²) >= 11 is 0. The van der Waals surface area contributed by atoms with Gasteiger partial charge in [-0.2, -0.15) is 0 Å². The standard InChI is InChI=1S/C16H22O3/c1-4-16(18-2,19-3)14-10-6-5-9-13(14)15(17)11-7-8-12-15/h5-7,9-11,17H,4,8,12H2,1-3H3. The van der Waals surface area contributed by atoms with Gasteiger partial charge in [0.2, 0.25) is 0 Å². The summed E-state index contributed by atoms with van der Waals surface area (Å²) < 4.78 is 11.2. The second-order valence-corrected chi connectivity index (χ2v) is 4.93. The third-order valence-corrected chi connectivity index (χ3v) is 4.01. The van der Waals surface area contributed by atoms with Gasteiger partial charge in [0, 0.05) is 26.2 Å². The van der Waals surface area contributed by atoms with Gasteiger partial charge in [0.1, 0.15) is 5.60 Å². The maximum absolute atomic E-state index is 10.8. The van der Waals surface area contributed by atoms with Gasteiger partial charge in [-0.3, -0.25) is 0 Å². The quantitative estimate of drug-likeness (QED) is 0.654. The zero-order valence-electron chi connectivity index (χ0n) is 11.8. The molecule has 0 saturated heterocycles. The van der Waals surface area contributed by atoms with Gasteiger partial charge >= 0.3 is 0 Å². The second kappa shape index (κ2) is 5.45. The van der Waals surface area contributed by atoms with Crippen molar-refractivity contribution in [2.75, 3.05) is 14.2 Å². The van der Waals surface area contributed by atoms with Crippen LogP contribution in [-0.2, 0) is 20.9 Å². The number of hydrogen-bond acceptors (Lipinski definition) is 3. The molecular formula is C16H22O3. The molecule has 2 rings (SSSR count). The minimum Gasteiger partial charge on any atom is -0.381 e. The van der Waals surface area contributed by atoms with Crippen LogP contribution in [0, 0.1) is 0 Å². The Labute approximate surface area is 114 Å². The highest BCUT2D eigenvalue weighted by Gasteiger charge is 2.39. The SMILES string of the molecule is CCC(OC)(OC)c1ccccc1C1(O)C=CCC1. The molecule has 19 heavy (non-hydrogen) atoms. The van der Waals surface area contributed by atoms with E-state index in [1.165, 1.54) is 0 Å². The van der Waals surface area contributed by atoms with Crippen molar-refractivity contribution < 1.29 is 14.6 Å². The Balaban J connectivity index is 2.55. The lowest BCUT2D eigenvalue weighted by Gasteiger charge is -2.35. The average Bonchev–Trinajstić information content (AvgIpc) is 2.90. The number of hydrogen-bond donors (Lipinski definition) is 1. The topological polar surface area (TPSA) is 38.7 Å². The molecule has 1 N–H and O–H groups in total. The van der Waals surface area contributed by atoms with E-state index in [1.54, 1.807) is 14.2 Å². The Hall–Kier alpha value is -1.16. The third kappa shape index (κ3) is 2.34. The van der Waals surface area contributed by atoms with Gasteiger partial charge in [0.05, 0.1) is 0 Å². The van der Waals surface area contributed by atoms with Crippen molar-refractivity contribution in [3.8, 4) is 0 Å². The molecule has 3 nitrogen and oxygen atoms in total. The molecule has 1 atom stereocenters. The zero-order chi connectivity index (χ0) is 13.9. The molecule has 0 aliphatic heterocycles. The summed E-state index contributed by atoms with van der Waals surface area (Å²) in [4.78, 5) is 0. The third-order valence-electron chi connectivity index (χ3n) is 4.01. The predicted octanol–water partition coefficient (Wildman–Crippen LogP) is 3.08. The van der Waals surface area contributed by atoms with Crippen molar-refractivity contribution >= 4 is 0 Å². The lowest BCUT2D eigenvalue weighted by Crippen LogP contribution is -2.34. The average molecular weight is 262 g/mol. The fourth-order valence-corrected chi connectivity index (χ4v) is 2.86. The lowest BCUT2D eigenvalue weighted by molar-refractivity contribution is -0.218. The maximum atomic E-state index is 10.8. The molecule has 0 radical (unpaired) electrons. The fraction of sp³-hybridized carbons (Fsp3) is 0.500. The van der Waals surface area contributed by atoms with Crippen LogP contribution < -0.4 is 0 Å². The van der Waals surface area contributed by atoms with Crippen LogP contribution in [0.15, 0.2) is 36.4 Å². The van der Waals surface area contributed by atoms with E-state index in [0.29, 0.717) is 12.8 Å². The number of aliphatic hydroxyl groups is 1. The molecule has 0 heterocycles. The van der Waals surface area contributed by atoms with Crippen molar-refractivity contribution in [3.63, 3.8) is 0 Å². The summed E-state index contributed by atoms with van der Waals surface area (Å²) in [5, 5.41) is 10.8. The molecular weight excluding hydrogens is 240 g/mol. The molecule has 1 unspecified atom stereocenters. The second-order valence-electron chi connectivity index (χ2n) is 4.93. The fourth-order valence-electron chi connectivity index (χ4n) is 2.86. The number of allylic oxidation sites excluding steroid dienone is 1. The summed E-state index contributed by atoms with van der Waals surface area (Å²) in [7, 11) is 3.27. The molecule has 1 aromatic carbocycles. The van der Waals surface area contributed by atoms with Crippen LogP contribution in [-0.4, -0.2) is 19.3 Å². The molecule has 3 heteroatoms. The molecule has 1 aromatic rings. The van der Waals surface area contributed by atoms with Gasteiger partial charge < -0.3 is 14.6 Å². The van der Waals surface area contributed by atoms with Crippen molar-refractivity contribution in [2.24, 2.45) is 0 Å². The Kier molecular flexibility index (Phi) is 4.09. The molecule has 0 spiro atoms. The lowest BCUT2D eigenvalue weighted by atomic mass is 9.85. The van der Waals surface area contributed by atoms with Gasteiger partial charge in [-0.05, 0) is 18.4 Å². The summed E-state index contributed by atoms with van der Waals surface area (Å²) in [6.07, 6.45) is 6.17. The smallest absolute Gasteiger partial charge is 0.194 e. The Bertz CT molecular complexity index is 455. The highest BCUT2D eigenvalue weighted by molar-refractivity contribution is 5.39. The first-order valence-electron chi connectivity index (χ1n) is 6.72. The van der Waals surface area contributed by atoms with Crippen molar-refractivity contribution in [1.29, 1.82) is 0 Å². The van der Waals surface area contributed by atoms with Gasteiger partial charge in [-0.25, -0.2) is 0 Å². The van der Waals surface area contributed by atoms with E-state index < -0.39 is 11.4 Å². The van der Waals surface area contributed by atoms with E-state index in [-0.39, 0.29) is 0 Å². The first-order valence-corrected chi connectivity index (χ1v) is 6.72. The largest absolute Gasteiger partial charge is 0.381 e. The first-order chi connectivity index (χ1) is 9.12. The molecule has 0 aromatic heterocycles. The maximum Gasteiger partial charge on any atom is 0.194 e. The number of rotatable bonds is 5. The van der Waals surface area contributed by atoms with Crippen molar-refractivity contribution in [2.45, 2.75) is 37.6 Å². The Morgan fingerprint density at radius 1 is 1.26 bits per heavy atom. The van der Waals surface area contributed by atoms with Gasteiger partial charge in [-0.1, -0.05) is 43.3 Å². The monoisotopic (exact) mass is 262 g/mol. The zero-order valence-corrected chi connectivity index (χ0v) is 11.8. The normalized spacial score (nSPS) is 22.9. The van der Waals surface area contributed by atoms with Crippen molar-refractivity contribution in [1.82, 2.24) is 0 Å². The Morgan fingerprint density at radius 2 is 1.95 bits per heavy atom. The van der Waals surface area contributed by atoms with Crippen LogP contribution in [0.1, 0.15) is 37.3 Å². The van der Waals surface area contributed by atoms with E-state index in [0.717, 1.165) is 17.5 Å². The molecule has 1 aliphatic carbocycles. The molecule has 0 saturated carbocycles. The van der Waals surface area contributed by atoms with Crippen LogP contribution in [0.2, 0.25) is 0 Å². The first kappa shape index (κ1) is 14.3. The summed E-state index contributed by atoms with van der Waals surface area (Å²) in [5.41, 5.74) is 0.861. The van der Waals surface area contributed by atoms with Crippen molar-refractivity contribution in [3.05, 3.63) is 47.5 Å². The van der Waals surface area contributed by atoms with Gasteiger partial charge in [0.25, 0.3) is 0 Å².